The summed E-state index contributed by atoms with van der Waals surface area (Å²) in [5.41, 5.74) is 0. The van der Waals surface area contributed by atoms with Crippen LogP contribution in [0.15, 0.2) is 29.3 Å². The largest absolute Gasteiger partial charge is 0.486 e. The fourth-order valence-electron chi connectivity index (χ4n) is 2.28. The van der Waals surface area contributed by atoms with Crippen molar-refractivity contribution >= 4 is 5.96 Å². The van der Waals surface area contributed by atoms with Crippen molar-refractivity contribution < 1.29 is 9.13 Å². The Balaban J connectivity index is 1.96. The minimum absolute atomic E-state index is 0.173. The zero-order chi connectivity index (χ0) is 18.9. The Bertz CT molecular complexity index is 730. The lowest BCUT2D eigenvalue weighted by atomic mass is 10.2. The van der Waals surface area contributed by atoms with Gasteiger partial charge in [-0.15, -0.1) is 10.2 Å². The summed E-state index contributed by atoms with van der Waals surface area (Å²) in [6.45, 7) is 7.55. The van der Waals surface area contributed by atoms with Crippen molar-refractivity contribution in [1.82, 2.24) is 25.4 Å². The molecule has 0 amide bonds. The number of nitrogens with zero attached hydrogens (tertiary/aromatic N) is 4. The fourth-order valence-corrected chi connectivity index (χ4v) is 2.28. The van der Waals surface area contributed by atoms with Gasteiger partial charge in [0.1, 0.15) is 18.5 Å². The summed E-state index contributed by atoms with van der Waals surface area (Å²) >= 11 is 0. The van der Waals surface area contributed by atoms with E-state index in [2.05, 4.69) is 25.8 Å². The molecule has 1 aromatic carbocycles. The molecule has 1 unspecified atom stereocenters. The summed E-state index contributed by atoms with van der Waals surface area (Å²) in [5, 5.41) is 14.6. The van der Waals surface area contributed by atoms with Gasteiger partial charge in [-0.1, -0.05) is 19.1 Å². The van der Waals surface area contributed by atoms with Crippen molar-refractivity contribution in [3.8, 4) is 5.75 Å². The van der Waals surface area contributed by atoms with Gasteiger partial charge in [0.2, 0.25) is 0 Å². The average molecular weight is 362 g/mol. The van der Waals surface area contributed by atoms with Gasteiger partial charge in [0.15, 0.2) is 23.4 Å². The van der Waals surface area contributed by atoms with Crippen molar-refractivity contribution in [1.29, 1.82) is 0 Å². The highest BCUT2D eigenvalue weighted by molar-refractivity contribution is 5.79. The van der Waals surface area contributed by atoms with E-state index in [1.807, 2.05) is 32.4 Å². The van der Waals surface area contributed by atoms with E-state index >= 15 is 0 Å². The monoisotopic (exact) mass is 362 g/mol. The second-order valence-corrected chi connectivity index (χ2v) is 5.88. The summed E-state index contributed by atoms with van der Waals surface area (Å²) in [6, 6.07) is 6.43. The molecule has 7 nitrogen and oxygen atoms in total. The highest BCUT2D eigenvalue weighted by atomic mass is 19.1. The number of ether oxygens (including phenoxy) is 1. The molecule has 2 N–H and O–H groups in total. The van der Waals surface area contributed by atoms with E-state index in [1.165, 1.54) is 6.07 Å². The number of halogens is 1. The van der Waals surface area contributed by atoms with E-state index in [0.717, 1.165) is 24.6 Å². The number of benzene rings is 1. The molecule has 142 valence electrons. The Morgan fingerprint density at radius 1 is 1.27 bits per heavy atom. The molecule has 0 aliphatic heterocycles. The third-order valence-corrected chi connectivity index (χ3v) is 3.99. The van der Waals surface area contributed by atoms with Gasteiger partial charge in [-0.25, -0.2) is 9.38 Å². The van der Waals surface area contributed by atoms with Gasteiger partial charge < -0.3 is 19.9 Å². The van der Waals surface area contributed by atoms with Crippen LogP contribution >= 0.6 is 0 Å². The third-order valence-electron chi connectivity index (χ3n) is 3.99. The molecule has 8 heteroatoms. The number of aromatic nitrogens is 3. The molecule has 2 aromatic rings. The molecule has 0 aliphatic rings. The van der Waals surface area contributed by atoms with Gasteiger partial charge in [0.05, 0.1) is 6.54 Å². The number of hydrogen-bond donors (Lipinski definition) is 2. The Labute approximate surface area is 153 Å². The zero-order valence-corrected chi connectivity index (χ0v) is 15.8. The van der Waals surface area contributed by atoms with Crippen LogP contribution in [-0.4, -0.2) is 39.9 Å². The van der Waals surface area contributed by atoms with Crippen molar-refractivity contribution in [2.75, 3.05) is 13.1 Å². The van der Waals surface area contributed by atoms with Gasteiger partial charge in [-0.05, 0) is 32.4 Å². The fraction of sp³-hybridized carbons (Fsp3) is 0.500. The second kappa shape index (κ2) is 9.74. The molecule has 0 aliphatic carbocycles. The number of guanidine groups is 1. The summed E-state index contributed by atoms with van der Waals surface area (Å²) < 4.78 is 21.4. The molecular formula is C18H27FN6O. The highest BCUT2D eigenvalue weighted by Gasteiger charge is 2.12. The standard InChI is InChI=1S/C18H27FN6O/c1-5-14(26-16-10-8-7-9-15(16)19)11-21-18(20-6-2)22-12-17-24-23-13(3)25(17)4/h7-10,14H,5-6,11-12H2,1-4H3,(H2,20,21,22). The Morgan fingerprint density at radius 3 is 2.65 bits per heavy atom. The first-order valence-corrected chi connectivity index (χ1v) is 8.83. The molecule has 1 atom stereocenters. The molecular weight excluding hydrogens is 335 g/mol. The smallest absolute Gasteiger partial charge is 0.191 e. The van der Waals surface area contributed by atoms with Crippen LogP contribution in [0.1, 0.15) is 31.9 Å². The maximum absolute atomic E-state index is 13.8. The molecule has 0 saturated carbocycles. The van der Waals surface area contributed by atoms with Crippen molar-refractivity contribution in [2.45, 2.75) is 39.8 Å². The van der Waals surface area contributed by atoms with Gasteiger partial charge in [0.25, 0.3) is 0 Å². The first kappa shape index (κ1) is 19.7. The maximum Gasteiger partial charge on any atom is 0.191 e. The van der Waals surface area contributed by atoms with Crippen molar-refractivity contribution in [2.24, 2.45) is 12.0 Å². The molecule has 2 rings (SSSR count). The summed E-state index contributed by atoms with van der Waals surface area (Å²) in [7, 11) is 1.91. The van der Waals surface area contributed by atoms with E-state index in [4.69, 9.17) is 4.74 Å². The van der Waals surface area contributed by atoms with Crippen LogP contribution in [0.25, 0.3) is 0 Å². The van der Waals surface area contributed by atoms with E-state index in [9.17, 15) is 4.39 Å². The number of aliphatic imine (C=N–C) groups is 1. The Morgan fingerprint density at radius 2 is 2.04 bits per heavy atom. The van der Waals surface area contributed by atoms with Crippen molar-refractivity contribution in [3.63, 3.8) is 0 Å². The van der Waals surface area contributed by atoms with Crippen LogP contribution in [0.5, 0.6) is 5.75 Å². The van der Waals surface area contributed by atoms with E-state index < -0.39 is 0 Å². The second-order valence-electron chi connectivity index (χ2n) is 5.88. The topological polar surface area (TPSA) is 76.4 Å². The van der Waals surface area contributed by atoms with E-state index in [-0.39, 0.29) is 17.7 Å². The lowest BCUT2D eigenvalue weighted by Crippen LogP contribution is -2.42. The minimum atomic E-state index is -0.357. The zero-order valence-electron chi connectivity index (χ0n) is 15.8. The van der Waals surface area contributed by atoms with Gasteiger partial charge in [-0.3, -0.25) is 0 Å². The quantitative estimate of drug-likeness (QED) is 0.556. The van der Waals surface area contributed by atoms with Crippen molar-refractivity contribution in [3.05, 3.63) is 41.7 Å². The predicted octanol–water partition coefficient (Wildman–Crippen LogP) is 2.18. The SMILES string of the molecule is CCNC(=NCc1nnc(C)n1C)NCC(CC)Oc1ccccc1F. The van der Waals surface area contributed by atoms with Gasteiger partial charge in [-0.2, -0.15) is 0 Å². The molecule has 26 heavy (non-hydrogen) atoms. The number of hydrogen-bond acceptors (Lipinski definition) is 4. The summed E-state index contributed by atoms with van der Waals surface area (Å²) in [6.07, 6.45) is 0.566. The number of para-hydroxylation sites is 1. The van der Waals surface area contributed by atoms with Crippen LogP contribution in [0, 0.1) is 12.7 Å². The first-order chi connectivity index (χ1) is 12.5. The Kier molecular flexibility index (Phi) is 7.37. The molecule has 1 heterocycles. The Hall–Kier alpha value is -2.64. The summed E-state index contributed by atoms with van der Waals surface area (Å²) in [4.78, 5) is 4.53. The lowest BCUT2D eigenvalue weighted by molar-refractivity contribution is 0.191. The normalized spacial score (nSPS) is 12.7. The third kappa shape index (κ3) is 5.44. The van der Waals surface area contributed by atoms with E-state index in [1.54, 1.807) is 18.2 Å². The van der Waals surface area contributed by atoms with Gasteiger partial charge >= 0.3 is 0 Å². The van der Waals surface area contributed by atoms with Crippen LogP contribution in [-0.2, 0) is 13.6 Å². The molecule has 0 bridgehead atoms. The molecule has 1 aromatic heterocycles. The molecule has 0 saturated heterocycles. The lowest BCUT2D eigenvalue weighted by Gasteiger charge is -2.20. The number of nitrogens with one attached hydrogen (secondary N) is 2. The number of aryl methyl sites for hydroxylation is 1. The molecule has 0 radical (unpaired) electrons. The first-order valence-electron chi connectivity index (χ1n) is 8.83. The van der Waals surface area contributed by atoms with Crippen LogP contribution < -0.4 is 15.4 Å². The molecule has 0 fully saturated rings. The highest BCUT2D eigenvalue weighted by Crippen LogP contribution is 2.17. The van der Waals surface area contributed by atoms with Gasteiger partial charge in [0, 0.05) is 13.6 Å². The minimum Gasteiger partial charge on any atom is -0.486 e. The predicted molar refractivity (Wildman–Crippen MR) is 99.7 cm³/mol. The average Bonchev–Trinajstić information content (AvgIpc) is 2.96. The number of rotatable bonds is 8. The van der Waals surface area contributed by atoms with Crippen LogP contribution in [0.2, 0.25) is 0 Å². The van der Waals surface area contributed by atoms with Crippen LogP contribution in [0.3, 0.4) is 0 Å². The van der Waals surface area contributed by atoms with Crippen LogP contribution in [0.4, 0.5) is 4.39 Å². The summed E-state index contributed by atoms with van der Waals surface area (Å²) in [5.74, 6) is 2.19. The van der Waals surface area contributed by atoms with E-state index in [0.29, 0.717) is 19.0 Å². The maximum atomic E-state index is 13.8. The molecule has 0 spiro atoms.